The van der Waals surface area contributed by atoms with E-state index in [1.807, 2.05) is 79.1 Å². The zero-order chi connectivity index (χ0) is 92.6. The normalized spacial score (nSPS) is 11.7. The summed E-state index contributed by atoms with van der Waals surface area (Å²) in [4.78, 5) is 4.71. The molecule has 0 saturated heterocycles. The third kappa shape index (κ3) is 14.3. The Morgan fingerprint density at radius 3 is 0.879 bits per heavy atom. The third-order valence-electron chi connectivity index (χ3n) is 27.2. The molecule has 16 heteroatoms. The second-order valence-corrected chi connectivity index (χ2v) is 39.1. The number of rotatable bonds is 12. The molecule has 14 aromatic carbocycles. The standard InChI is InChI=1S/C35H26N2Si.C34H22N4.C28H18N4.C27H17N5/c1-4-13-30(14-5-1)38(31-15-6-2-7-16-31,32-17-8-3-9-18-32)33-24-21-27(22-25-33)34-26-29-23-20-28-12-10-11-19-35(28)37(29)36-34;1-2-10-27(11-3-1)34-33(32-21-19-25-9-5-7-13-30(25)38(32)36-34)26-16-14-23(15-17-26)28-22-35-37-29-12-6-4-8-24(29)18-20-31(28)37;1-2-10-21(11-3-1)28-27(26-17-15-20-9-5-7-13-24(20)32(26)30-28)22-18-29-31-23-12-6-4-8-19(23)14-16-25(22)31;1-3-7-26-18(5-1)9-12-21-15-24(29-31(21)26)20-11-14-23(28-17-20)25-16-22-13-10-19-6-2-4-8-27(19)32(22)30-25/h1-26H;1-22H;1-18H;1-17H. The molecule has 15 aromatic heterocycles. The van der Waals surface area contributed by atoms with Crippen LogP contribution in [0.2, 0.25) is 0 Å². The molecule has 0 bridgehead atoms. The molecule has 29 aromatic rings. The average molecular weight is 1810 g/mol. The van der Waals surface area contributed by atoms with Gasteiger partial charge in [0.05, 0.1) is 107 Å². The number of benzene rings is 14. The van der Waals surface area contributed by atoms with Crippen LogP contribution in [0.15, 0.2) is 504 Å². The van der Waals surface area contributed by atoms with E-state index >= 15 is 0 Å². The first-order valence-corrected chi connectivity index (χ1v) is 49.0. The van der Waals surface area contributed by atoms with E-state index in [-0.39, 0.29) is 0 Å². The number of hydrogen-bond donors (Lipinski definition) is 0. The molecule has 658 valence electrons. The molecular formula is C124H83N15Si. The zero-order valence-corrected chi connectivity index (χ0v) is 76.6. The molecule has 0 saturated carbocycles. The molecule has 15 nitrogen and oxygen atoms in total. The highest BCUT2D eigenvalue weighted by atomic mass is 28.3. The summed E-state index contributed by atoms with van der Waals surface area (Å²) in [5, 5.41) is 48.1. The van der Waals surface area contributed by atoms with Gasteiger partial charge in [-0.2, -0.15) is 35.7 Å². The van der Waals surface area contributed by atoms with Crippen molar-refractivity contribution in [2.45, 2.75) is 0 Å². The van der Waals surface area contributed by atoms with E-state index in [1.165, 1.54) is 53.1 Å². The molecule has 0 unspecified atom stereocenters. The van der Waals surface area contributed by atoms with Crippen LogP contribution in [0.25, 0.3) is 205 Å². The fourth-order valence-corrected chi connectivity index (χ4v) is 25.2. The van der Waals surface area contributed by atoms with Crippen molar-refractivity contribution >= 4 is 144 Å². The van der Waals surface area contributed by atoms with Gasteiger partial charge in [0.25, 0.3) is 0 Å². The number of aromatic nitrogens is 15. The van der Waals surface area contributed by atoms with Gasteiger partial charge in [-0.05, 0) is 147 Å². The molecule has 0 aliphatic heterocycles. The van der Waals surface area contributed by atoms with Crippen molar-refractivity contribution in [3.8, 4) is 89.8 Å². The van der Waals surface area contributed by atoms with Gasteiger partial charge in [-0.1, -0.05) is 370 Å². The fraction of sp³-hybridized carbons (Fsp3) is 0. The van der Waals surface area contributed by atoms with Crippen LogP contribution in [0.5, 0.6) is 0 Å². The predicted molar refractivity (Wildman–Crippen MR) is 574 cm³/mol. The van der Waals surface area contributed by atoms with Crippen LogP contribution in [0.4, 0.5) is 0 Å². The van der Waals surface area contributed by atoms with Crippen molar-refractivity contribution in [2.75, 3.05) is 0 Å². The van der Waals surface area contributed by atoms with Gasteiger partial charge in [0.1, 0.15) is 17.1 Å². The summed E-state index contributed by atoms with van der Waals surface area (Å²) in [5.74, 6) is 0. The van der Waals surface area contributed by atoms with Crippen LogP contribution < -0.4 is 20.7 Å². The lowest BCUT2D eigenvalue weighted by molar-refractivity contribution is 1.00. The van der Waals surface area contributed by atoms with Gasteiger partial charge in [-0.3, -0.25) is 4.98 Å². The van der Waals surface area contributed by atoms with Gasteiger partial charge < -0.3 is 0 Å². The monoisotopic (exact) mass is 1810 g/mol. The van der Waals surface area contributed by atoms with E-state index in [4.69, 9.17) is 40.7 Å². The van der Waals surface area contributed by atoms with Crippen LogP contribution in [-0.4, -0.2) is 80.4 Å². The van der Waals surface area contributed by atoms with Crippen molar-refractivity contribution in [3.05, 3.63) is 504 Å². The topological polar surface area (TPSA) is 134 Å². The molecule has 15 heterocycles. The van der Waals surface area contributed by atoms with E-state index in [1.54, 1.807) is 0 Å². The second-order valence-electron chi connectivity index (χ2n) is 35.3. The largest absolute Gasteiger partial charge is 0.254 e. The van der Waals surface area contributed by atoms with E-state index in [2.05, 4.69) is 456 Å². The predicted octanol–water partition coefficient (Wildman–Crippen LogP) is 26.5. The minimum absolute atomic E-state index is 0.843. The molecule has 0 spiro atoms. The Kier molecular flexibility index (Phi) is 20.2. The first-order chi connectivity index (χ1) is 69.4. The summed E-state index contributed by atoms with van der Waals surface area (Å²) >= 11 is 0. The van der Waals surface area contributed by atoms with E-state index in [0.29, 0.717) is 0 Å². The number of pyridine rings is 8. The van der Waals surface area contributed by atoms with Crippen molar-refractivity contribution in [2.24, 2.45) is 0 Å². The second kappa shape index (κ2) is 34.5. The van der Waals surface area contributed by atoms with Gasteiger partial charge in [0.2, 0.25) is 0 Å². The lowest BCUT2D eigenvalue weighted by atomic mass is 9.97. The minimum Gasteiger partial charge on any atom is -0.254 e. The highest BCUT2D eigenvalue weighted by Gasteiger charge is 2.41. The Bertz CT molecular complexity index is 9530. The maximum atomic E-state index is 5.13. The molecule has 0 radical (unpaired) electrons. The molecule has 29 rings (SSSR count). The molecule has 140 heavy (non-hydrogen) atoms. The molecule has 0 aliphatic rings. The molecule has 0 aliphatic carbocycles. The lowest BCUT2D eigenvalue weighted by Gasteiger charge is -2.34. The lowest BCUT2D eigenvalue weighted by Crippen LogP contribution is -2.74. The zero-order valence-electron chi connectivity index (χ0n) is 75.6. The van der Waals surface area contributed by atoms with E-state index in [9.17, 15) is 0 Å². The van der Waals surface area contributed by atoms with E-state index < -0.39 is 8.07 Å². The number of nitrogens with zero attached hydrogens (tertiary/aromatic N) is 15. The van der Waals surface area contributed by atoms with Gasteiger partial charge >= 0.3 is 0 Å². The van der Waals surface area contributed by atoms with Gasteiger partial charge in [-0.25, -0.2) is 31.6 Å². The Morgan fingerprint density at radius 2 is 0.464 bits per heavy atom. The van der Waals surface area contributed by atoms with Crippen molar-refractivity contribution in [1.82, 2.24) is 72.3 Å². The van der Waals surface area contributed by atoms with Gasteiger partial charge in [-0.15, -0.1) is 0 Å². The van der Waals surface area contributed by atoms with Crippen molar-refractivity contribution < 1.29 is 0 Å². The Balaban J connectivity index is 0.0000000963. The van der Waals surface area contributed by atoms with Crippen LogP contribution in [0.3, 0.4) is 0 Å². The van der Waals surface area contributed by atoms with Gasteiger partial charge in [0, 0.05) is 88.4 Å². The molecule has 0 amide bonds. The maximum Gasteiger partial charge on any atom is 0.179 e. The van der Waals surface area contributed by atoms with Crippen molar-refractivity contribution in [3.63, 3.8) is 0 Å². The SMILES string of the molecule is c1ccc(-c2nn3c(ccc4ccccc43)c2-c2ccc(-c3cnn4c3ccc3ccccc34)cc2)cc1.c1ccc(-c2nn3c(ccc4ccccc43)c2-c2cnn3c2ccc2ccccc23)cc1.c1ccc([Si](c2ccccc2)(c2ccccc2)c2ccc(-c3cc4ccc5ccccc5n4n3)cc2)cc1.c1ccc2c(c1)ccc1cc(-c3ccc(-c4cc5ccc6ccccc6n5n4)nc3)nn12. The Morgan fingerprint density at radius 1 is 0.164 bits per heavy atom. The summed E-state index contributed by atoms with van der Waals surface area (Å²) in [6.07, 6.45) is 5.81. The van der Waals surface area contributed by atoms with Crippen LogP contribution >= 0.6 is 0 Å². The first-order valence-electron chi connectivity index (χ1n) is 47.0. The first kappa shape index (κ1) is 81.8. The summed E-state index contributed by atoms with van der Waals surface area (Å²) in [7, 11) is -2.52. The van der Waals surface area contributed by atoms with Crippen LogP contribution in [0.1, 0.15) is 0 Å². The molecule has 0 fully saturated rings. The minimum atomic E-state index is -2.52. The summed E-state index contributed by atoms with van der Waals surface area (Å²) in [6.45, 7) is 0. The summed E-state index contributed by atoms with van der Waals surface area (Å²) in [6, 6.07) is 171. The highest BCUT2D eigenvalue weighted by molar-refractivity contribution is 7.19. The van der Waals surface area contributed by atoms with Crippen LogP contribution in [-0.2, 0) is 0 Å². The highest BCUT2D eigenvalue weighted by Crippen LogP contribution is 2.42. The summed E-state index contributed by atoms with van der Waals surface area (Å²) in [5.41, 5.74) is 31.8. The summed E-state index contributed by atoms with van der Waals surface area (Å²) < 4.78 is 14.2. The fourth-order valence-electron chi connectivity index (χ4n) is 20.5. The average Bonchev–Trinajstić information content (AvgIpc) is 0.781. The molecule has 0 N–H and O–H groups in total. The Hall–Kier alpha value is -18.9. The van der Waals surface area contributed by atoms with Crippen molar-refractivity contribution in [1.29, 1.82) is 0 Å². The van der Waals surface area contributed by atoms with E-state index in [0.717, 1.165) is 172 Å². The van der Waals surface area contributed by atoms with Crippen LogP contribution in [0, 0.1) is 0 Å². The number of para-hydroxylation sites is 7. The smallest absolute Gasteiger partial charge is 0.179 e. The number of fused-ring (bicyclic) bond motifs is 21. The molecule has 0 atom stereocenters. The van der Waals surface area contributed by atoms with Gasteiger partial charge in [0.15, 0.2) is 8.07 Å². The third-order valence-corrected chi connectivity index (χ3v) is 32.0. The Labute approximate surface area is 804 Å². The molecular weight excluding hydrogens is 1730 g/mol. The number of hydrogen-bond acceptors (Lipinski definition) is 8. The maximum absolute atomic E-state index is 5.13. The quantitative estimate of drug-likeness (QED) is 0.0872.